The van der Waals surface area contributed by atoms with Gasteiger partial charge in [-0.3, -0.25) is 0 Å². The maximum atomic E-state index is 5.90. The summed E-state index contributed by atoms with van der Waals surface area (Å²) in [4.78, 5) is 0. The van der Waals surface area contributed by atoms with E-state index < -0.39 is 0 Å². The van der Waals surface area contributed by atoms with Crippen LogP contribution in [-0.2, 0) is 16.0 Å². The van der Waals surface area contributed by atoms with Crippen LogP contribution in [0.15, 0.2) is 18.2 Å². The Bertz CT molecular complexity index is 463. The number of nitrogens with one attached hydrogen (secondary N) is 1. The van der Waals surface area contributed by atoms with E-state index in [1.54, 1.807) is 0 Å². The van der Waals surface area contributed by atoms with Crippen molar-refractivity contribution in [3.63, 3.8) is 0 Å². The van der Waals surface area contributed by atoms with Crippen molar-refractivity contribution in [2.75, 3.05) is 46.2 Å². The fourth-order valence-electron chi connectivity index (χ4n) is 2.36. The maximum absolute atomic E-state index is 5.90. The molecule has 0 heterocycles. The lowest BCUT2D eigenvalue weighted by Gasteiger charge is -2.14. The summed E-state index contributed by atoms with van der Waals surface area (Å²) in [7, 11) is 0. The van der Waals surface area contributed by atoms with Crippen molar-refractivity contribution in [3.8, 4) is 11.5 Å². The third-order valence-corrected chi connectivity index (χ3v) is 3.87. The highest BCUT2D eigenvalue weighted by Crippen LogP contribution is 2.28. The summed E-state index contributed by atoms with van der Waals surface area (Å²) in [6.45, 7) is 9.58. The van der Waals surface area contributed by atoms with Crippen molar-refractivity contribution in [1.82, 2.24) is 5.32 Å². The fourth-order valence-corrected chi connectivity index (χ4v) is 2.36. The molecule has 1 N–H and O–H groups in total. The normalized spacial score (nSPS) is 13.9. The third-order valence-electron chi connectivity index (χ3n) is 3.87. The molecule has 2 rings (SSSR count). The lowest BCUT2D eigenvalue weighted by Crippen LogP contribution is -2.17. The van der Waals surface area contributed by atoms with Gasteiger partial charge < -0.3 is 24.3 Å². The molecular weight excluding hydrogens is 306 g/mol. The fraction of sp³-hybridized carbons (Fsp3) is 0.684. The standard InChI is InChI=1S/C19H31NO4/c1-3-21-9-11-23-18-8-7-17(15-20-14-16-5-6-16)19(13-18)24-12-10-22-4-2/h7-8,13,16,20H,3-6,9-12,14-15H2,1-2H3. The smallest absolute Gasteiger partial charge is 0.127 e. The summed E-state index contributed by atoms with van der Waals surface area (Å²) in [5.74, 6) is 2.55. The molecule has 0 atom stereocenters. The molecule has 0 spiro atoms. The molecule has 0 amide bonds. The van der Waals surface area contributed by atoms with Gasteiger partial charge in [0.15, 0.2) is 0 Å². The third kappa shape index (κ3) is 7.51. The average Bonchev–Trinajstić information content (AvgIpc) is 3.41. The number of hydrogen-bond donors (Lipinski definition) is 1. The second-order valence-corrected chi connectivity index (χ2v) is 5.93. The van der Waals surface area contributed by atoms with Gasteiger partial charge in [0.05, 0.1) is 13.2 Å². The van der Waals surface area contributed by atoms with Gasteiger partial charge in [0, 0.05) is 31.4 Å². The molecule has 1 fully saturated rings. The van der Waals surface area contributed by atoms with E-state index in [2.05, 4.69) is 11.4 Å². The van der Waals surface area contributed by atoms with Crippen LogP contribution in [0.5, 0.6) is 11.5 Å². The van der Waals surface area contributed by atoms with Gasteiger partial charge in [-0.05, 0) is 45.2 Å². The van der Waals surface area contributed by atoms with E-state index in [1.807, 2.05) is 26.0 Å². The Balaban J connectivity index is 1.87. The molecule has 0 aliphatic heterocycles. The van der Waals surface area contributed by atoms with E-state index >= 15 is 0 Å². The summed E-state index contributed by atoms with van der Waals surface area (Å²) < 4.78 is 22.3. The molecule has 0 bridgehead atoms. The second kappa shape index (κ2) is 11.3. The molecule has 1 aromatic rings. The van der Waals surface area contributed by atoms with E-state index in [1.165, 1.54) is 12.8 Å². The molecule has 1 aliphatic rings. The Kier molecular flexibility index (Phi) is 8.95. The Morgan fingerprint density at radius 3 is 2.33 bits per heavy atom. The Morgan fingerprint density at radius 2 is 1.67 bits per heavy atom. The van der Waals surface area contributed by atoms with Crippen molar-refractivity contribution in [2.24, 2.45) is 5.92 Å². The van der Waals surface area contributed by atoms with Crippen LogP contribution in [0, 0.1) is 5.92 Å². The minimum atomic E-state index is 0.547. The van der Waals surface area contributed by atoms with Gasteiger partial charge in [0.25, 0.3) is 0 Å². The molecule has 0 radical (unpaired) electrons. The first-order valence-corrected chi connectivity index (χ1v) is 9.08. The van der Waals surface area contributed by atoms with Crippen LogP contribution in [0.4, 0.5) is 0 Å². The van der Waals surface area contributed by atoms with Crippen LogP contribution < -0.4 is 14.8 Å². The van der Waals surface area contributed by atoms with Crippen molar-refractivity contribution in [1.29, 1.82) is 0 Å². The minimum absolute atomic E-state index is 0.547. The Hall–Kier alpha value is -1.30. The molecule has 0 saturated heterocycles. The zero-order valence-corrected chi connectivity index (χ0v) is 15.0. The average molecular weight is 337 g/mol. The predicted octanol–water partition coefficient (Wildman–Crippen LogP) is 3.02. The highest BCUT2D eigenvalue weighted by Gasteiger charge is 2.20. The van der Waals surface area contributed by atoms with Crippen molar-refractivity contribution in [3.05, 3.63) is 23.8 Å². The van der Waals surface area contributed by atoms with Gasteiger partial charge in [-0.15, -0.1) is 0 Å². The van der Waals surface area contributed by atoms with E-state index in [0.29, 0.717) is 39.6 Å². The summed E-state index contributed by atoms with van der Waals surface area (Å²) in [6.07, 6.45) is 2.72. The molecule has 1 aliphatic carbocycles. The molecule has 0 unspecified atom stereocenters. The SMILES string of the molecule is CCOCCOc1ccc(CNCC2CC2)c(OCCOCC)c1. The van der Waals surface area contributed by atoms with E-state index in [4.69, 9.17) is 18.9 Å². The quantitative estimate of drug-likeness (QED) is 0.529. The van der Waals surface area contributed by atoms with Crippen LogP contribution in [0.3, 0.4) is 0 Å². The van der Waals surface area contributed by atoms with Gasteiger partial charge in [-0.25, -0.2) is 0 Å². The van der Waals surface area contributed by atoms with Crippen LogP contribution in [0.25, 0.3) is 0 Å². The van der Waals surface area contributed by atoms with Crippen LogP contribution in [-0.4, -0.2) is 46.2 Å². The highest BCUT2D eigenvalue weighted by atomic mass is 16.5. The summed E-state index contributed by atoms with van der Waals surface area (Å²) in [6, 6.07) is 6.04. The first kappa shape index (κ1) is 19.0. The van der Waals surface area contributed by atoms with Gasteiger partial charge in [-0.2, -0.15) is 0 Å². The number of benzene rings is 1. The molecule has 5 nitrogen and oxygen atoms in total. The molecular formula is C19H31NO4. The molecule has 24 heavy (non-hydrogen) atoms. The van der Waals surface area contributed by atoms with E-state index in [0.717, 1.165) is 36.1 Å². The maximum Gasteiger partial charge on any atom is 0.127 e. The minimum Gasteiger partial charge on any atom is -0.491 e. The Labute approximate surface area is 145 Å². The predicted molar refractivity (Wildman–Crippen MR) is 94.8 cm³/mol. The number of rotatable bonds is 14. The first-order chi connectivity index (χ1) is 11.8. The largest absolute Gasteiger partial charge is 0.491 e. The number of hydrogen-bond acceptors (Lipinski definition) is 5. The summed E-state index contributed by atoms with van der Waals surface area (Å²) in [5, 5.41) is 3.51. The van der Waals surface area contributed by atoms with Crippen molar-refractivity contribution >= 4 is 0 Å². The first-order valence-electron chi connectivity index (χ1n) is 9.08. The van der Waals surface area contributed by atoms with Crippen molar-refractivity contribution < 1.29 is 18.9 Å². The highest BCUT2D eigenvalue weighted by molar-refractivity contribution is 5.40. The zero-order chi connectivity index (χ0) is 17.0. The van der Waals surface area contributed by atoms with Gasteiger partial charge >= 0.3 is 0 Å². The molecule has 136 valence electrons. The lowest BCUT2D eigenvalue weighted by atomic mass is 10.2. The van der Waals surface area contributed by atoms with E-state index in [-0.39, 0.29) is 0 Å². The van der Waals surface area contributed by atoms with E-state index in [9.17, 15) is 0 Å². The monoisotopic (exact) mass is 337 g/mol. The van der Waals surface area contributed by atoms with Crippen molar-refractivity contribution in [2.45, 2.75) is 33.2 Å². The molecule has 1 saturated carbocycles. The molecule has 1 aromatic carbocycles. The van der Waals surface area contributed by atoms with Crippen LogP contribution in [0.2, 0.25) is 0 Å². The second-order valence-electron chi connectivity index (χ2n) is 5.93. The van der Waals surface area contributed by atoms with Crippen LogP contribution in [0.1, 0.15) is 32.3 Å². The van der Waals surface area contributed by atoms with Crippen LogP contribution >= 0.6 is 0 Å². The molecule has 0 aromatic heterocycles. The lowest BCUT2D eigenvalue weighted by molar-refractivity contribution is 0.107. The Morgan fingerprint density at radius 1 is 0.958 bits per heavy atom. The summed E-state index contributed by atoms with van der Waals surface area (Å²) >= 11 is 0. The van der Waals surface area contributed by atoms with Gasteiger partial charge in [-0.1, -0.05) is 6.07 Å². The van der Waals surface area contributed by atoms with Gasteiger partial charge in [0.2, 0.25) is 0 Å². The zero-order valence-electron chi connectivity index (χ0n) is 15.0. The number of ether oxygens (including phenoxy) is 4. The van der Waals surface area contributed by atoms with Gasteiger partial charge in [0.1, 0.15) is 24.7 Å². The summed E-state index contributed by atoms with van der Waals surface area (Å²) in [5.41, 5.74) is 1.16. The molecule has 5 heteroatoms. The topological polar surface area (TPSA) is 49.0 Å².